The molecule has 0 amide bonds. The van der Waals surface area contributed by atoms with E-state index in [1.165, 1.54) is 17.9 Å². The topological polar surface area (TPSA) is 152 Å². The van der Waals surface area contributed by atoms with Gasteiger partial charge in [-0.3, -0.25) is 19.1 Å². The Hall–Kier alpha value is -3.07. The molecule has 0 aliphatic carbocycles. The number of nitrogens with two attached hydrogens (primary N) is 1. The van der Waals surface area contributed by atoms with Crippen LogP contribution >= 0.6 is 24.2 Å². The van der Waals surface area contributed by atoms with Crippen molar-refractivity contribution in [3.8, 4) is 18.6 Å². The second kappa shape index (κ2) is 15.0. The van der Waals surface area contributed by atoms with E-state index in [2.05, 4.69) is 38.5 Å². The van der Waals surface area contributed by atoms with Gasteiger partial charge in [0.2, 0.25) is 0 Å². The average Bonchev–Trinajstić information content (AvgIpc) is 3.31. The molecule has 0 bridgehead atoms. The van der Waals surface area contributed by atoms with Crippen LogP contribution in [0.3, 0.4) is 0 Å². The second-order valence-corrected chi connectivity index (χ2v) is 8.61. The van der Waals surface area contributed by atoms with Crippen molar-refractivity contribution >= 4 is 30.2 Å². The van der Waals surface area contributed by atoms with E-state index >= 15 is 0 Å². The maximum atomic E-state index is 11.9. The molecule has 0 saturated heterocycles. The molecular weight excluding hydrogens is 545 g/mol. The highest BCUT2D eigenvalue weighted by Gasteiger charge is 2.28. The standard InChI is InChI=1S/C16H14BrN2O6P.C4H9NO2.C2H2/c1-10-8-19(16(21)18-15(10)20)14-7-6-13(24-14)9-23-26(22)25-12-4-2-11(17)3-5-12;1-3(5)4(6)7-2;1-2/h2-8,13-14H,9H2,1H3;3H,5H2,1-2H3;1-2H/p+1/t;3-;/m.0./s1. The van der Waals surface area contributed by atoms with Crippen LogP contribution in [0.4, 0.5) is 0 Å². The lowest BCUT2D eigenvalue weighted by atomic mass is 10.3. The molecule has 1 aliphatic heterocycles. The van der Waals surface area contributed by atoms with Gasteiger partial charge in [0.1, 0.15) is 18.8 Å². The molecule has 2 heterocycles. The predicted octanol–water partition coefficient (Wildman–Crippen LogP) is 2.57. The summed E-state index contributed by atoms with van der Waals surface area (Å²) >= 11 is 3.30. The Morgan fingerprint density at radius 3 is 2.46 bits per heavy atom. The SMILES string of the molecule is C#C.COC(=O)[C@H](C)N.Cc1cn(C2C=CC(CO[P+](=O)Oc3ccc(Br)cc3)O2)c(=O)[nH]c1=O. The number of ether oxygens (including phenoxy) is 2. The van der Waals surface area contributed by atoms with Gasteiger partial charge in [-0.2, -0.15) is 0 Å². The lowest BCUT2D eigenvalue weighted by molar-refractivity contribution is -0.141. The summed E-state index contributed by atoms with van der Waals surface area (Å²) in [6.07, 6.45) is 11.6. The normalized spacial score (nSPS) is 17.2. The number of carbonyl (C=O) groups is 1. The minimum atomic E-state index is -2.36. The molecule has 0 saturated carbocycles. The Kier molecular flexibility index (Phi) is 12.9. The van der Waals surface area contributed by atoms with E-state index in [-0.39, 0.29) is 12.6 Å². The molecule has 11 nitrogen and oxygen atoms in total. The molecule has 13 heteroatoms. The number of aryl methyl sites for hydroxylation is 1. The van der Waals surface area contributed by atoms with Gasteiger partial charge < -0.3 is 15.2 Å². The lowest BCUT2D eigenvalue weighted by Gasteiger charge is -2.14. The number of methoxy groups -OCH3 is 1. The third kappa shape index (κ3) is 9.98. The maximum absolute atomic E-state index is 11.9. The summed E-state index contributed by atoms with van der Waals surface area (Å²) in [5.74, 6) is 0.0466. The van der Waals surface area contributed by atoms with Crippen LogP contribution in [0.25, 0.3) is 0 Å². The molecule has 35 heavy (non-hydrogen) atoms. The lowest BCUT2D eigenvalue weighted by Crippen LogP contribution is -2.33. The summed E-state index contributed by atoms with van der Waals surface area (Å²) in [6.45, 7) is 3.17. The Bertz CT molecular complexity index is 1160. The van der Waals surface area contributed by atoms with Crippen LogP contribution in [0, 0.1) is 19.8 Å². The number of hydrogen-bond donors (Lipinski definition) is 2. The van der Waals surface area contributed by atoms with Crippen molar-refractivity contribution < 1.29 is 27.9 Å². The molecule has 3 unspecified atom stereocenters. The summed E-state index contributed by atoms with van der Waals surface area (Å²) in [4.78, 5) is 35.7. The first kappa shape index (κ1) is 30.0. The Morgan fingerprint density at radius 2 is 1.91 bits per heavy atom. The van der Waals surface area contributed by atoms with E-state index in [9.17, 15) is 18.9 Å². The van der Waals surface area contributed by atoms with Gasteiger partial charge in [-0.15, -0.1) is 17.4 Å². The molecule has 4 atom stereocenters. The van der Waals surface area contributed by atoms with Gasteiger partial charge in [-0.25, -0.2) is 9.32 Å². The summed E-state index contributed by atoms with van der Waals surface area (Å²) in [5, 5.41) is 0. The Morgan fingerprint density at radius 1 is 1.29 bits per heavy atom. The van der Waals surface area contributed by atoms with E-state index in [0.717, 1.165) is 4.47 Å². The highest BCUT2D eigenvalue weighted by atomic mass is 79.9. The average molecular weight is 571 g/mol. The molecule has 1 aromatic heterocycles. The maximum Gasteiger partial charge on any atom is 0.750 e. The number of halogens is 1. The van der Waals surface area contributed by atoms with E-state index in [4.69, 9.17) is 19.5 Å². The van der Waals surface area contributed by atoms with Crippen molar-refractivity contribution in [2.75, 3.05) is 13.7 Å². The minimum absolute atomic E-state index is 0.00415. The predicted molar refractivity (Wildman–Crippen MR) is 133 cm³/mol. The van der Waals surface area contributed by atoms with Crippen molar-refractivity contribution in [1.82, 2.24) is 9.55 Å². The first-order chi connectivity index (χ1) is 16.6. The van der Waals surface area contributed by atoms with E-state index < -0.39 is 37.9 Å². The molecule has 1 aromatic carbocycles. The molecular formula is C22H26BrN3O8P+. The first-order valence-corrected chi connectivity index (χ1v) is 11.9. The largest absolute Gasteiger partial charge is 0.750 e. The van der Waals surface area contributed by atoms with Crippen LogP contribution < -0.4 is 21.5 Å². The number of esters is 1. The monoisotopic (exact) mass is 570 g/mol. The van der Waals surface area contributed by atoms with Crippen LogP contribution in [0.15, 0.2) is 56.7 Å². The van der Waals surface area contributed by atoms with Crippen molar-refractivity contribution in [2.24, 2.45) is 5.73 Å². The third-order valence-corrected chi connectivity index (χ3v) is 5.38. The fourth-order valence-electron chi connectivity index (χ4n) is 2.45. The number of rotatable bonds is 7. The van der Waals surface area contributed by atoms with Gasteiger partial charge >= 0.3 is 19.9 Å². The number of H-pyrrole nitrogens is 1. The fraction of sp³-hybridized carbons (Fsp3) is 0.318. The number of carbonyl (C=O) groups excluding carboxylic acids is 1. The smallest absolute Gasteiger partial charge is 0.468 e. The number of hydrogen-bond acceptors (Lipinski definition) is 9. The number of nitrogens with zero attached hydrogens (tertiary/aromatic N) is 1. The summed E-state index contributed by atoms with van der Waals surface area (Å²) in [7, 11) is -1.05. The molecule has 0 spiro atoms. The third-order valence-electron chi connectivity index (χ3n) is 4.14. The number of benzene rings is 1. The quantitative estimate of drug-likeness (QED) is 0.221. The Labute approximate surface area is 211 Å². The van der Waals surface area contributed by atoms with Crippen molar-refractivity contribution in [1.29, 1.82) is 0 Å². The van der Waals surface area contributed by atoms with Gasteiger partial charge in [0.05, 0.1) is 7.11 Å². The highest BCUT2D eigenvalue weighted by Crippen LogP contribution is 2.30. The summed E-state index contributed by atoms with van der Waals surface area (Å²) < 4.78 is 34.3. The van der Waals surface area contributed by atoms with Gasteiger partial charge in [0, 0.05) is 20.8 Å². The Balaban J connectivity index is 0.000000587. The fourth-order valence-corrected chi connectivity index (χ4v) is 3.32. The molecule has 188 valence electrons. The minimum Gasteiger partial charge on any atom is -0.468 e. The first-order valence-electron chi connectivity index (χ1n) is 9.97. The van der Waals surface area contributed by atoms with Crippen LogP contribution in [0.5, 0.6) is 5.75 Å². The number of terminal acetylenes is 1. The van der Waals surface area contributed by atoms with E-state index in [1.807, 2.05) is 0 Å². The van der Waals surface area contributed by atoms with E-state index in [0.29, 0.717) is 11.3 Å². The highest BCUT2D eigenvalue weighted by molar-refractivity contribution is 9.10. The molecule has 0 radical (unpaired) electrons. The van der Waals surface area contributed by atoms with Crippen molar-refractivity contribution in [3.63, 3.8) is 0 Å². The summed E-state index contributed by atoms with van der Waals surface area (Å²) in [6, 6.07) is 6.34. The molecule has 1 aliphatic rings. The van der Waals surface area contributed by atoms with Crippen molar-refractivity contribution in [3.05, 3.63) is 73.5 Å². The number of nitrogens with one attached hydrogen (secondary N) is 1. The number of aromatic amines is 1. The van der Waals surface area contributed by atoms with Gasteiger partial charge in [0.25, 0.3) is 5.56 Å². The van der Waals surface area contributed by atoms with Gasteiger partial charge in [0.15, 0.2) is 12.0 Å². The van der Waals surface area contributed by atoms with Crippen LogP contribution in [-0.2, 0) is 23.4 Å². The number of aromatic nitrogens is 2. The van der Waals surface area contributed by atoms with Crippen molar-refractivity contribution in [2.45, 2.75) is 32.2 Å². The van der Waals surface area contributed by atoms with E-state index in [1.54, 1.807) is 50.3 Å². The van der Waals surface area contributed by atoms with Crippen LogP contribution in [0.2, 0.25) is 0 Å². The van der Waals surface area contributed by atoms with Crippen LogP contribution in [-0.4, -0.2) is 41.4 Å². The molecule has 3 N–H and O–H groups in total. The summed E-state index contributed by atoms with van der Waals surface area (Å²) in [5.41, 5.74) is 4.46. The second-order valence-electron chi connectivity index (χ2n) is 6.81. The molecule has 0 fully saturated rings. The van der Waals surface area contributed by atoms with Gasteiger partial charge in [-0.1, -0.05) is 22.0 Å². The molecule has 2 aromatic rings. The van der Waals surface area contributed by atoms with Gasteiger partial charge in [-0.05, 0) is 44.2 Å². The zero-order valence-corrected chi connectivity index (χ0v) is 21.7. The molecule has 3 rings (SSSR count). The van der Waals surface area contributed by atoms with Crippen LogP contribution in [0.1, 0.15) is 18.7 Å². The zero-order chi connectivity index (χ0) is 26.5. The zero-order valence-electron chi connectivity index (χ0n) is 19.3.